The largest absolute Gasteiger partial charge is 0.479 e. The number of thioether (sulfide) groups is 1. The van der Waals surface area contributed by atoms with Crippen molar-refractivity contribution in [2.24, 2.45) is 0 Å². The van der Waals surface area contributed by atoms with Crippen LogP contribution in [0.4, 0.5) is 0 Å². The summed E-state index contributed by atoms with van der Waals surface area (Å²) < 4.78 is 1.48. The van der Waals surface area contributed by atoms with Gasteiger partial charge in [0.15, 0.2) is 5.69 Å². The molecule has 1 atom stereocenters. The summed E-state index contributed by atoms with van der Waals surface area (Å²) in [5.41, 5.74) is -0.335. The van der Waals surface area contributed by atoms with Gasteiger partial charge < -0.3 is 10.4 Å². The minimum Gasteiger partial charge on any atom is -0.479 e. The molecule has 1 aliphatic rings. The maximum atomic E-state index is 12.3. The summed E-state index contributed by atoms with van der Waals surface area (Å²) in [6, 6.07) is 9.26. The van der Waals surface area contributed by atoms with Crippen LogP contribution in [-0.2, 0) is 4.79 Å². The van der Waals surface area contributed by atoms with E-state index in [2.05, 4.69) is 15.6 Å². The van der Waals surface area contributed by atoms with Crippen molar-refractivity contribution in [1.29, 1.82) is 0 Å². The first-order valence-corrected chi connectivity index (χ1v) is 7.88. The van der Waals surface area contributed by atoms with E-state index < -0.39 is 17.4 Å². The standard InChI is InChI=1S/C14H14N4O3S/c19-12(15-14(13(20)21)6-7-22-9-14)11-8-18(17-16-11)10-4-2-1-3-5-10/h1-5,8H,6-7,9H2,(H,15,19)(H,20,21). The van der Waals surface area contributed by atoms with Crippen LogP contribution in [0.25, 0.3) is 5.69 Å². The number of nitrogens with zero attached hydrogens (tertiary/aromatic N) is 3. The Kier molecular flexibility index (Phi) is 3.84. The molecule has 2 aromatic rings. The molecule has 0 aliphatic carbocycles. The Morgan fingerprint density at radius 3 is 2.73 bits per heavy atom. The molecule has 2 N–H and O–H groups in total. The molecule has 1 aliphatic heterocycles. The fourth-order valence-electron chi connectivity index (χ4n) is 2.24. The highest BCUT2D eigenvalue weighted by molar-refractivity contribution is 7.99. The van der Waals surface area contributed by atoms with Crippen LogP contribution in [0, 0.1) is 0 Å². The number of aliphatic carboxylic acids is 1. The summed E-state index contributed by atoms with van der Waals surface area (Å²) in [6.07, 6.45) is 1.90. The highest BCUT2D eigenvalue weighted by Crippen LogP contribution is 2.28. The molecule has 1 fully saturated rings. The van der Waals surface area contributed by atoms with Crippen LogP contribution in [0.5, 0.6) is 0 Å². The van der Waals surface area contributed by atoms with Gasteiger partial charge in [0, 0.05) is 5.75 Å². The molecule has 8 heteroatoms. The Bertz CT molecular complexity index is 695. The molecule has 0 radical (unpaired) electrons. The Hall–Kier alpha value is -2.35. The number of aromatic nitrogens is 3. The van der Waals surface area contributed by atoms with E-state index in [-0.39, 0.29) is 5.69 Å². The molecule has 0 spiro atoms. The van der Waals surface area contributed by atoms with Gasteiger partial charge in [0.05, 0.1) is 11.9 Å². The average Bonchev–Trinajstić information content (AvgIpc) is 3.18. The lowest BCUT2D eigenvalue weighted by Crippen LogP contribution is -2.54. The zero-order valence-electron chi connectivity index (χ0n) is 11.6. The van der Waals surface area contributed by atoms with E-state index in [1.165, 1.54) is 22.6 Å². The highest BCUT2D eigenvalue weighted by Gasteiger charge is 2.43. The van der Waals surface area contributed by atoms with Gasteiger partial charge in [-0.3, -0.25) is 4.79 Å². The normalized spacial score (nSPS) is 20.7. The predicted octanol–water partition coefficient (Wildman–Crippen LogP) is 0.957. The van der Waals surface area contributed by atoms with Gasteiger partial charge in [-0.2, -0.15) is 11.8 Å². The second-order valence-electron chi connectivity index (χ2n) is 5.03. The molecule has 0 saturated carbocycles. The summed E-state index contributed by atoms with van der Waals surface area (Å²) in [6.45, 7) is 0. The molecule has 2 heterocycles. The second kappa shape index (κ2) is 5.80. The van der Waals surface area contributed by atoms with Gasteiger partial charge in [0.2, 0.25) is 0 Å². The lowest BCUT2D eigenvalue weighted by molar-refractivity contribution is -0.143. The number of hydrogen-bond acceptors (Lipinski definition) is 5. The van der Waals surface area contributed by atoms with Crippen molar-refractivity contribution < 1.29 is 14.7 Å². The third-order valence-electron chi connectivity index (χ3n) is 3.53. The van der Waals surface area contributed by atoms with Crippen LogP contribution in [-0.4, -0.2) is 49.0 Å². The number of carbonyl (C=O) groups is 2. The summed E-state index contributed by atoms with van der Waals surface area (Å²) >= 11 is 1.51. The number of carbonyl (C=O) groups excluding carboxylic acids is 1. The second-order valence-corrected chi connectivity index (χ2v) is 6.13. The van der Waals surface area contributed by atoms with Gasteiger partial charge in [0.1, 0.15) is 5.54 Å². The molecule has 0 bridgehead atoms. The van der Waals surface area contributed by atoms with E-state index in [1.54, 1.807) is 0 Å². The molecule has 1 unspecified atom stereocenters. The van der Waals surface area contributed by atoms with Gasteiger partial charge >= 0.3 is 5.97 Å². The smallest absolute Gasteiger partial charge is 0.330 e. The molecular weight excluding hydrogens is 304 g/mol. The molecule has 1 saturated heterocycles. The van der Waals surface area contributed by atoms with Crippen LogP contribution in [0.15, 0.2) is 36.5 Å². The van der Waals surface area contributed by atoms with E-state index in [9.17, 15) is 14.7 Å². The summed E-state index contributed by atoms with van der Waals surface area (Å²) in [7, 11) is 0. The first kappa shape index (κ1) is 14.6. The molecule has 114 valence electrons. The van der Waals surface area contributed by atoms with Crippen molar-refractivity contribution >= 4 is 23.6 Å². The van der Waals surface area contributed by atoms with Crippen LogP contribution in [0.1, 0.15) is 16.9 Å². The number of nitrogens with one attached hydrogen (secondary N) is 1. The van der Waals surface area contributed by atoms with Crippen molar-refractivity contribution in [3.63, 3.8) is 0 Å². The van der Waals surface area contributed by atoms with E-state index in [1.807, 2.05) is 30.3 Å². The van der Waals surface area contributed by atoms with Crippen LogP contribution < -0.4 is 5.32 Å². The van der Waals surface area contributed by atoms with Gasteiger partial charge in [-0.05, 0) is 24.3 Å². The molecule has 3 rings (SSSR count). The van der Waals surface area contributed by atoms with E-state index in [4.69, 9.17) is 0 Å². The van der Waals surface area contributed by atoms with Gasteiger partial charge in [-0.1, -0.05) is 23.4 Å². The van der Waals surface area contributed by atoms with E-state index in [0.29, 0.717) is 17.9 Å². The van der Waals surface area contributed by atoms with Crippen molar-refractivity contribution in [2.75, 3.05) is 11.5 Å². The van der Waals surface area contributed by atoms with Crippen molar-refractivity contribution in [3.8, 4) is 5.69 Å². The maximum Gasteiger partial charge on any atom is 0.330 e. The molecule has 22 heavy (non-hydrogen) atoms. The molecular formula is C14H14N4O3S. The summed E-state index contributed by atoms with van der Waals surface area (Å²) in [5.74, 6) is -0.460. The maximum absolute atomic E-state index is 12.3. The number of carboxylic acids is 1. The van der Waals surface area contributed by atoms with Crippen LogP contribution >= 0.6 is 11.8 Å². The summed E-state index contributed by atoms with van der Waals surface area (Å²) in [4.78, 5) is 23.7. The average molecular weight is 318 g/mol. The molecule has 1 amide bonds. The molecule has 1 aromatic carbocycles. The number of rotatable bonds is 4. The van der Waals surface area contributed by atoms with Crippen molar-refractivity contribution in [1.82, 2.24) is 20.3 Å². The Labute approximate surface area is 130 Å². The first-order chi connectivity index (χ1) is 10.6. The fourth-order valence-corrected chi connectivity index (χ4v) is 3.57. The Morgan fingerprint density at radius 1 is 1.32 bits per heavy atom. The number of carboxylic acid groups (broad SMARTS) is 1. The number of amides is 1. The van der Waals surface area contributed by atoms with Crippen molar-refractivity contribution in [3.05, 3.63) is 42.2 Å². The number of hydrogen-bond donors (Lipinski definition) is 2. The third-order valence-corrected chi connectivity index (χ3v) is 4.72. The molecule has 7 nitrogen and oxygen atoms in total. The molecule has 1 aromatic heterocycles. The lowest BCUT2D eigenvalue weighted by atomic mass is 9.99. The lowest BCUT2D eigenvalue weighted by Gasteiger charge is -2.23. The number of para-hydroxylation sites is 1. The third kappa shape index (κ3) is 2.69. The quantitative estimate of drug-likeness (QED) is 0.871. The summed E-state index contributed by atoms with van der Waals surface area (Å²) in [5, 5.41) is 19.7. The highest BCUT2D eigenvalue weighted by atomic mass is 32.2. The van der Waals surface area contributed by atoms with Crippen molar-refractivity contribution in [2.45, 2.75) is 12.0 Å². The minimum atomic E-state index is -1.21. The Balaban J connectivity index is 1.79. The minimum absolute atomic E-state index is 0.0985. The van der Waals surface area contributed by atoms with Crippen LogP contribution in [0.3, 0.4) is 0 Å². The topological polar surface area (TPSA) is 97.1 Å². The monoisotopic (exact) mass is 318 g/mol. The Morgan fingerprint density at radius 2 is 2.09 bits per heavy atom. The SMILES string of the molecule is O=C(NC1(C(=O)O)CCSC1)c1cn(-c2ccccc2)nn1. The van der Waals surface area contributed by atoms with Gasteiger partial charge in [-0.25, -0.2) is 9.48 Å². The zero-order valence-corrected chi connectivity index (χ0v) is 12.4. The number of benzene rings is 1. The van der Waals surface area contributed by atoms with E-state index >= 15 is 0 Å². The fraction of sp³-hybridized carbons (Fsp3) is 0.286. The van der Waals surface area contributed by atoms with Gasteiger partial charge in [0.25, 0.3) is 5.91 Å². The van der Waals surface area contributed by atoms with Gasteiger partial charge in [-0.15, -0.1) is 5.10 Å². The van der Waals surface area contributed by atoms with E-state index in [0.717, 1.165) is 5.69 Å². The zero-order chi connectivity index (χ0) is 15.6. The first-order valence-electron chi connectivity index (χ1n) is 6.72. The predicted molar refractivity (Wildman–Crippen MR) is 81.1 cm³/mol. The van der Waals surface area contributed by atoms with Crippen LogP contribution in [0.2, 0.25) is 0 Å².